The predicted octanol–water partition coefficient (Wildman–Crippen LogP) is 3.41. The molecule has 1 atom stereocenters. The number of fused-ring (bicyclic) bond motifs is 1. The van der Waals surface area contributed by atoms with Gasteiger partial charge in [-0.25, -0.2) is 9.98 Å². The number of nitrogens with zero attached hydrogens (tertiary/aromatic N) is 4. The van der Waals surface area contributed by atoms with Crippen molar-refractivity contribution in [2.75, 3.05) is 10.6 Å². The fourth-order valence-corrected chi connectivity index (χ4v) is 2.97. The average Bonchev–Trinajstić information content (AvgIpc) is 2.67. The molecule has 0 radical (unpaired) electrons. The number of alkyl halides is 3. The van der Waals surface area contributed by atoms with Crippen LogP contribution in [0.4, 0.5) is 24.8 Å². The number of halogens is 3. The van der Waals surface area contributed by atoms with E-state index in [9.17, 15) is 18.0 Å². The number of nitrogens with one attached hydrogen (secondary N) is 2. The molecule has 2 aromatic heterocycles. The molecular weight excluding hydrogens is 385 g/mol. The Hall–Kier alpha value is -3.69. The Morgan fingerprint density at radius 2 is 2.00 bits per heavy atom. The van der Waals surface area contributed by atoms with Crippen molar-refractivity contribution in [3.05, 3.63) is 82.0 Å². The Bertz CT molecular complexity index is 1140. The number of hydrogen-bond donors (Lipinski definition) is 2. The van der Waals surface area contributed by atoms with Gasteiger partial charge >= 0.3 is 6.18 Å². The molecule has 0 saturated carbocycles. The number of anilines is 2. The molecule has 10 heteroatoms. The highest BCUT2D eigenvalue weighted by atomic mass is 19.4. The second-order valence-corrected chi connectivity index (χ2v) is 6.40. The van der Waals surface area contributed by atoms with E-state index in [-0.39, 0.29) is 23.2 Å². The highest BCUT2D eigenvalue weighted by Gasteiger charge is 2.31. The molecule has 1 aliphatic rings. The highest BCUT2D eigenvalue weighted by molar-refractivity contribution is 6.03. The zero-order valence-electron chi connectivity index (χ0n) is 15.1. The molecular formula is C19H15F3N6O. The van der Waals surface area contributed by atoms with Gasteiger partial charge in [0.05, 0.1) is 5.56 Å². The van der Waals surface area contributed by atoms with E-state index in [1.807, 2.05) is 0 Å². The third-order valence-electron chi connectivity index (χ3n) is 4.24. The molecule has 1 unspecified atom stereocenters. The minimum atomic E-state index is -4.46. The van der Waals surface area contributed by atoms with Crippen molar-refractivity contribution in [2.24, 2.45) is 4.99 Å². The first-order valence-electron chi connectivity index (χ1n) is 8.60. The van der Waals surface area contributed by atoms with Crippen molar-refractivity contribution in [3.8, 4) is 0 Å². The molecule has 4 rings (SSSR count). The summed E-state index contributed by atoms with van der Waals surface area (Å²) >= 11 is 0. The normalized spacial score (nSPS) is 15.9. The molecule has 3 heterocycles. The monoisotopic (exact) mass is 400 g/mol. The maximum atomic E-state index is 13.0. The number of aliphatic imine (C=N–C) groups is 1. The van der Waals surface area contributed by atoms with Crippen molar-refractivity contribution in [1.29, 1.82) is 0 Å². The van der Waals surface area contributed by atoms with Gasteiger partial charge in [0.1, 0.15) is 0 Å². The van der Waals surface area contributed by atoms with Crippen LogP contribution in [0.3, 0.4) is 0 Å². The lowest BCUT2D eigenvalue weighted by atomic mass is 10.2. The van der Waals surface area contributed by atoms with E-state index in [4.69, 9.17) is 0 Å². The third-order valence-corrected chi connectivity index (χ3v) is 4.24. The van der Waals surface area contributed by atoms with Crippen LogP contribution in [-0.4, -0.2) is 20.5 Å². The molecule has 0 saturated heterocycles. The van der Waals surface area contributed by atoms with Crippen LogP contribution in [-0.2, 0) is 6.18 Å². The van der Waals surface area contributed by atoms with Crippen LogP contribution in [0, 0.1) is 6.92 Å². The van der Waals surface area contributed by atoms with Crippen LogP contribution in [0.2, 0.25) is 0 Å². The standard InChI is InChI=1S/C19H15F3N6O/c1-11-8-15(29)28-16(12-4-3-7-23-10-12)26-17(27-18(28)24-11)25-14-6-2-5-13(9-14)19(20,21)22/h2-10,16H,1H3,(H2,24,25,26,27). The van der Waals surface area contributed by atoms with E-state index in [1.165, 1.54) is 22.8 Å². The second kappa shape index (κ2) is 7.04. The fourth-order valence-electron chi connectivity index (χ4n) is 2.97. The van der Waals surface area contributed by atoms with Gasteiger partial charge in [-0.15, -0.1) is 0 Å². The number of guanidine groups is 1. The Labute approximate surface area is 163 Å². The number of hydrogen-bond acceptors (Lipinski definition) is 6. The summed E-state index contributed by atoms with van der Waals surface area (Å²) in [5.41, 5.74) is 0.230. The van der Waals surface area contributed by atoms with Crippen LogP contribution in [0.1, 0.15) is 23.0 Å². The Balaban J connectivity index is 1.75. The second-order valence-electron chi connectivity index (χ2n) is 6.40. The first-order chi connectivity index (χ1) is 13.8. The average molecular weight is 400 g/mol. The molecule has 1 aliphatic heterocycles. The van der Waals surface area contributed by atoms with Crippen LogP contribution in [0.5, 0.6) is 0 Å². The molecule has 0 amide bonds. The van der Waals surface area contributed by atoms with Crippen LogP contribution < -0.4 is 16.2 Å². The molecule has 148 valence electrons. The number of benzene rings is 1. The van der Waals surface area contributed by atoms with E-state index < -0.39 is 17.9 Å². The van der Waals surface area contributed by atoms with Crippen molar-refractivity contribution in [2.45, 2.75) is 19.3 Å². The lowest BCUT2D eigenvalue weighted by molar-refractivity contribution is -0.137. The first-order valence-corrected chi connectivity index (χ1v) is 8.60. The highest BCUT2D eigenvalue weighted by Crippen LogP contribution is 2.31. The van der Waals surface area contributed by atoms with Gasteiger partial charge in [0, 0.05) is 35.4 Å². The van der Waals surface area contributed by atoms with Gasteiger partial charge in [-0.3, -0.25) is 19.7 Å². The Kier molecular flexibility index (Phi) is 4.53. The van der Waals surface area contributed by atoms with E-state index in [2.05, 4.69) is 25.6 Å². The van der Waals surface area contributed by atoms with E-state index in [0.29, 0.717) is 11.3 Å². The molecule has 1 aromatic carbocycles. The van der Waals surface area contributed by atoms with Crippen LogP contribution in [0.15, 0.2) is 64.6 Å². The molecule has 29 heavy (non-hydrogen) atoms. The Morgan fingerprint density at radius 3 is 2.72 bits per heavy atom. The van der Waals surface area contributed by atoms with Gasteiger partial charge in [-0.05, 0) is 31.2 Å². The van der Waals surface area contributed by atoms with Crippen molar-refractivity contribution < 1.29 is 13.2 Å². The first kappa shape index (κ1) is 18.7. The molecule has 0 fully saturated rings. The maximum Gasteiger partial charge on any atom is 0.416 e. The van der Waals surface area contributed by atoms with E-state index in [1.54, 1.807) is 31.5 Å². The summed E-state index contributed by atoms with van der Waals surface area (Å²) in [6.07, 6.45) is -2.07. The van der Waals surface area contributed by atoms with Gasteiger partial charge in [-0.1, -0.05) is 12.1 Å². The molecule has 7 nitrogen and oxygen atoms in total. The maximum absolute atomic E-state index is 13.0. The van der Waals surface area contributed by atoms with Gasteiger partial charge in [0.15, 0.2) is 6.17 Å². The summed E-state index contributed by atoms with van der Waals surface area (Å²) in [7, 11) is 0. The predicted molar refractivity (Wildman–Crippen MR) is 102 cm³/mol. The largest absolute Gasteiger partial charge is 0.416 e. The molecule has 0 aliphatic carbocycles. The third kappa shape index (κ3) is 3.82. The smallest absolute Gasteiger partial charge is 0.326 e. The zero-order chi connectivity index (χ0) is 20.6. The SMILES string of the molecule is Cc1cc(=O)n2c(n1)NC(Nc1cccc(C(F)(F)F)c1)=NC2c1cccnc1. The minimum absolute atomic E-state index is 0.163. The fraction of sp³-hybridized carbons (Fsp3) is 0.158. The van der Waals surface area contributed by atoms with Crippen molar-refractivity contribution in [3.63, 3.8) is 0 Å². The van der Waals surface area contributed by atoms with Gasteiger partial charge in [0.2, 0.25) is 11.9 Å². The van der Waals surface area contributed by atoms with Crippen LogP contribution >= 0.6 is 0 Å². The summed E-state index contributed by atoms with van der Waals surface area (Å²) in [5.74, 6) is 0.393. The molecule has 2 N–H and O–H groups in total. The summed E-state index contributed by atoms with van der Waals surface area (Å²) < 4.78 is 40.3. The van der Waals surface area contributed by atoms with Gasteiger partial charge in [-0.2, -0.15) is 13.2 Å². The summed E-state index contributed by atoms with van der Waals surface area (Å²) in [4.78, 5) is 25.4. The van der Waals surface area contributed by atoms with E-state index >= 15 is 0 Å². The number of rotatable bonds is 2. The lowest BCUT2D eigenvalue weighted by Crippen LogP contribution is -2.37. The molecule has 0 spiro atoms. The molecule has 0 bridgehead atoms. The van der Waals surface area contributed by atoms with E-state index in [0.717, 1.165) is 12.1 Å². The number of aromatic nitrogens is 3. The summed E-state index contributed by atoms with van der Waals surface area (Å²) in [6.45, 7) is 1.68. The molecule has 3 aromatic rings. The zero-order valence-corrected chi connectivity index (χ0v) is 15.1. The van der Waals surface area contributed by atoms with Gasteiger partial charge in [0.25, 0.3) is 5.56 Å². The summed E-state index contributed by atoms with van der Waals surface area (Å²) in [6, 6.07) is 9.60. The van der Waals surface area contributed by atoms with Crippen LogP contribution in [0.25, 0.3) is 0 Å². The topological polar surface area (TPSA) is 84.2 Å². The number of pyridine rings is 1. The van der Waals surface area contributed by atoms with Crippen molar-refractivity contribution in [1.82, 2.24) is 14.5 Å². The quantitative estimate of drug-likeness (QED) is 0.689. The number of aryl methyl sites for hydroxylation is 1. The summed E-state index contributed by atoms with van der Waals surface area (Å²) in [5, 5.41) is 5.71. The van der Waals surface area contributed by atoms with Crippen molar-refractivity contribution >= 4 is 17.6 Å². The lowest BCUT2D eigenvalue weighted by Gasteiger charge is -2.27. The van der Waals surface area contributed by atoms with Gasteiger partial charge < -0.3 is 5.32 Å². The minimum Gasteiger partial charge on any atom is -0.326 e. The Morgan fingerprint density at radius 1 is 1.17 bits per heavy atom.